The lowest BCUT2D eigenvalue weighted by Gasteiger charge is -2.16. The molecule has 6 heteroatoms. The van der Waals surface area contributed by atoms with Gasteiger partial charge >= 0.3 is 0 Å². The molecule has 5 nitrogen and oxygen atoms in total. The number of thiazole rings is 1. The second-order valence-corrected chi connectivity index (χ2v) is 5.78. The summed E-state index contributed by atoms with van der Waals surface area (Å²) < 4.78 is 0. The van der Waals surface area contributed by atoms with Gasteiger partial charge in [0.2, 0.25) is 5.91 Å². The van der Waals surface area contributed by atoms with Crippen molar-refractivity contribution in [3.8, 4) is 6.07 Å². The standard InChI is InChI=1S/C13H20N4OS/c1-9(5-4-6-14)7-10(12(15)18)11-8-19-13(16-11)17(2)3/h8-10H,4-5,7H2,1-3H3,(H2,15,18). The van der Waals surface area contributed by atoms with Gasteiger partial charge < -0.3 is 10.6 Å². The Morgan fingerprint density at radius 1 is 1.63 bits per heavy atom. The molecule has 0 bridgehead atoms. The van der Waals surface area contributed by atoms with E-state index < -0.39 is 0 Å². The van der Waals surface area contributed by atoms with Crippen LogP contribution in [0.2, 0.25) is 0 Å². The summed E-state index contributed by atoms with van der Waals surface area (Å²) in [5.41, 5.74) is 6.22. The van der Waals surface area contributed by atoms with Gasteiger partial charge in [-0.25, -0.2) is 4.98 Å². The Morgan fingerprint density at radius 3 is 2.79 bits per heavy atom. The number of aromatic nitrogens is 1. The average molecular weight is 280 g/mol. The summed E-state index contributed by atoms with van der Waals surface area (Å²) in [5.74, 6) is -0.431. The van der Waals surface area contributed by atoms with Crippen molar-refractivity contribution < 1.29 is 4.79 Å². The molecule has 0 saturated carbocycles. The summed E-state index contributed by atoms with van der Waals surface area (Å²) in [4.78, 5) is 17.9. The summed E-state index contributed by atoms with van der Waals surface area (Å²) >= 11 is 1.50. The van der Waals surface area contributed by atoms with Gasteiger partial charge in [-0.05, 0) is 18.8 Å². The van der Waals surface area contributed by atoms with E-state index >= 15 is 0 Å². The molecular formula is C13H20N4OS. The Labute approximate surface area is 118 Å². The predicted octanol–water partition coefficient (Wildman–Crippen LogP) is 2.11. The van der Waals surface area contributed by atoms with Gasteiger partial charge in [-0.3, -0.25) is 4.79 Å². The number of carbonyl (C=O) groups is 1. The number of rotatable bonds is 7. The van der Waals surface area contributed by atoms with Crippen molar-refractivity contribution >= 4 is 22.4 Å². The SMILES string of the molecule is CC(CCC#N)CC(C(N)=O)c1csc(N(C)C)n1. The molecule has 0 spiro atoms. The van der Waals surface area contributed by atoms with Crippen LogP contribution in [-0.2, 0) is 4.79 Å². The van der Waals surface area contributed by atoms with Crippen molar-refractivity contribution in [2.45, 2.75) is 32.1 Å². The van der Waals surface area contributed by atoms with Gasteiger partial charge in [0.1, 0.15) is 0 Å². The van der Waals surface area contributed by atoms with Crippen molar-refractivity contribution in [1.82, 2.24) is 4.98 Å². The highest BCUT2D eigenvalue weighted by Gasteiger charge is 2.23. The van der Waals surface area contributed by atoms with Crippen LogP contribution in [0.3, 0.4) is 0 Å². The van der Waals surface area contributed by atoms with Crippen LogP contribution in [0.5, 0.6) is 0 Å². The van der Waals surface area contributed by atoms with Crippen LogP contribution in [0.25, 0.3) is 0 Å². The zero-order chi connectivity index (χ0) is 14.4. The molecule has 1 rings (SSSR count). The first-order valence-electron chi connectivity index (χ1n) is 6.24. The van der Waals surface area contributed by atoms with E-state index in [1.807, 2.05) is 31.3 Å². The van der Waals surface area contributed by atoms with Crippen molar-refractivity contribution in [1.29, 1.82) is 5.26 Å². The topological polar surface area (TPSA) is 83.0 Å². The zero-order valence-corrected chi connectivity index (χ0v) is 12.4. The number of hydrogen-bond donors (Lipinski definition) is 1. The van der Waals surface area contributed by atoms with E-state index in [9.17, 15) is 4.79 Å². The Balaban J connectivity index is 2.77. The summed E-state index contributed by atoms with van der Waals surface area (Å²) in [6, 6.07) is 2.12. The minimum atomic E-state index is -0.362. The van der Waals surface area contributed by atoms with E-state index in [0.717, 1.165) is 17.2 Å². The van der Waals surface area contributed by atoms with E-state index in [0.29, 0.717) is 12.8 Å². The molecule has 0 aromatic carbocycles. The highest BCUT2D eigenvalue weighted by molar-refractivity contribution is 7.13. The number of nitriles is 1. The number of nitrogens with zero attached hydrogens (tertiary/aromatic N) is 3. The number of hydrogen-bond acceptors (Lipinski definition) is 5. The first kappa shape index (κ1) is 15.4. The molecule has 104 valence electrons. The van der Waals surface area contributed by atoms with Crippen LogP contribution in [-0.4, -0.2) is 25.0 Å². The Bertz CT molecular complexity index is 463. The third-order valence-electron chi connectivity index (χ3n) is 2.98. The number of amides is 1. The molecule has 1 heterocycles. The van der Waals surface area contributed by atoms with Gasteiger partial charge in [0.15, 0.2) is 5.13 Å². The second kappa shape index (κ2) is 7.10. The monoisotopic (exact) mass is 280 g/mol. The van der Waals surface area contributed by atoms with Gasteiger partial charge in [-0.15, -0.1) is 11.3 Å². The number of nitrogens with two attached hydrogens (primary N) is 1. The normalized spacial score (nSPS) is 13.6. The highest BCUT2D eigenvalue weighted by atomic mass is 32.1. The molecule has 0 radical (unpaired) electrons. The Hall–Kier alpha value is -1.61. The second-order valence-electron chi connectivity index (χ2n) is 4.94. The molecule has 1 amide bonds. The molecule has 1 aromatic rings. The molecule has 2 atom stereocenters. The Morgan fingerprint density at radius 2 is 2.32 bits per heavy atom. The first-order valence-corrected chi connectivity index (χ1v) is 7.12. The molecule has 2 N–H and O–H groups in total. The number of carbonyl (C=O) groups excluding carboxylic acids is 1. The number of primary amides is 1. The van der Waals surface area contributed by atoms with E-state index in [1.54, 1.807) is 0 Å². The van der Waals surface area contributed by atoms with Crippen LogP contribution in [0.15, 0.2) is 5.38 Å². The zero-order valence-electron chi connectivity index (χ0n) is 11.6. The molecular weight excluding hydrogens is 260 g/mol. The molecule has 1 aromatic heterocycles. The molecule has 2 unspecified atom stereocenters. The molecule has 0 aliphatic carbocycles. The minimum absolute atomic E-state index is 0.279. The lowest BCUT2D eigenvalue weighted by molar-refractivity contribution is -0.119. The van der Waals surface area contributed by atoms with Crippen LogP contribution < -0.4 is 10.6 Å². The molecule has 19 heavy (non-hydrogen) atoms. The highest BCUT2D eigenvalue weighted by Crippen LogP contribution is 2.29. The summed E-state index contributed by atoms with van der Waals surface area (Å²) in [6.07, 6.45) is 1.94. The quantitative estimate of drug-likeness (QED) is 0.829. The largest absolute Gasteiger partial charge is 0.369 e. The van der Waals surface area contributed by atoms with Gasteiger partial charge in [-0.1, -0.05) is 6.92 Å². The van der Waals surface area contributed by atoms with E-state index in [2.05, 4.69) is 11.1 Å². The first-order chi connectivity index (χ1) is 8.95. The molecule has 0 aliphatic heterocycles. The van der Waals surface area contributed by atoms with Gasteiger partial charge in [-0.2, -0.15) is 5.26 Å². The molecule has 0 saturated heterocycles. The summed E-state index contributed by atoms with van der Waals surface area (Å²) in [7, 11) is 3.83. The summed E-state index contributed by atoms with van der Waals surface area (Å²) in [6.45, 7) is 2.03. The van der Waals surface area contributed by atoms with E-state index in [4.69, 9.17) is 11.0 Å². The fourth-order valence-electron chi connectivity index (χ4n) is 1.86. The predicted molar refractivity (Wildman–Crippen MR) is 77.0 cm³/mol. The maximum atomic E-state index is 11.6. The maximum Gasteiger partial charge on any atom is 0.226 e. The van der Waals surface area contributed by atoms with Crippen molar-refractivity contribution in [2.24, 2.45) is 11.7 Å². The lowest BCUT2D eigenvalue weighted by atomic mass is 9.90. The Kier molecular flexibility index (Phi) is 5.77. The van der Waals surface area contributed by atoms with Crippen LogP contribution >= 0.6 is 11.3 Å². The minimum Gasteiger partial charge on any atom is -0.369 e. The van der Waals surface area contributed by atoms with Crippen molar-refractivity contribution in [3.05, 3.63) is 11.1 Å². The van der Waals surface area contributed by atoms with E-state index in [1.165, 1.54) is 11.3 Å². The molecule has 0 aliphatic rings. The van der Waals surface area contributed by atoms with Gasteiger partial charge in [0.25, 0.3) is 0 Å². The van der Waals surface area contributed by atoms with Gasteiger partial charge in [0.05, 0.1) is 17.7 Å². The van der Waals surface area contributed by atoms with Gasteiger partial charge in [0, 0.05) is 25.9 Å². The van der Waals surface area contributed by atoms with Crippen LogP contribution in [0.1, 0.15) is 37.8 Å². The third-order valence-corrected chi connectivity index (χ3v) is 4.01. The molecule has 0 fully saturated rings. The fourth-order valence-corrected chi connectivity index (χ4v) is 2.67. The van der Waals surface area contributed by atoms with Crippen molar-refractivity contribution in [2.75, 3.05) is 19.0 Å². The maximum absolute atomic E-state index is 11.6. The average Bonchev–Trinajstić information content (AvgIpc) is 2.82. The number of anilines is 1. The fraction of sp³-hybridized carbons (Fsp3) is 0.615. The van der Waals surface area contributed by atoms with E-state index in [-0.39, 0.29) is 17.7 Å². The smallest absolute Gasteiger partial charge is 0.226 e. The third kappa shape index (κ3) is 4.52. The summed E-state index contributed by atoms with van der Waals surface area (Å²) in [5, 5.41) is 11.3. The lowest BCUT2D eigenvalue weighted by Crippen LogP contribution is -2.23. The van der Waals surface area contributed by atoms with Crippen LogP contribution in [0, 0.1) is 17.2 Å². The van der Waals surface area contributed by atoms with Crippen LogP contribution in [0.4, 0.5) is 5.13 Å². The van der Waals surface area contributed by atoms with Crippen molar-refractivity contribution in [3.63, 3.8) is 0 Å².